The summed E-state index contributed by atoms with van der Waals surface area (Å²) in [6.45, 7) is 1.10. The largest absolute Gasteiger partial charge is 0.416 e. The Bertz CT molecular complexity index is 621. The molecular formula is C14H14ClF4N3O. The van der Waals surface area contributed by atoms with Gasteiger partial charge < -0.3 is 4.74 Å². The topological polar surface area (TPSA) is 39.9 Å². The second kappa shape index (κ2) is 6.84. The van der Waals surface area contributed by atoms with Crippen molar-refractivity contribution in [2.75, 3.05) is 6.61 Å². The standard InChI is InChI=1S/C14H14ClF4N3O/c1-13(6-22-9-20-8-21-22,7-23-14(18,19)12(16)17)10-2-4-11(15)5-3-10/h2-5,8-9,12H,6-7H2,1H3. The van der Waals surface area contributed by atoms with Crippen LogP contribution in [0, 0.1) is 0 Å². The van der Waals surface area contributed by atoms with Crippen molar-refractivity contribution in [3.05, 3.63) is 47.5 Å². The first-order chi connectivity index (χ1) is 10.7. The van der Waals surface area contributed by atoms with E-state index in [1.165, 1.54) is 17.3 Å². The number of ether oxygens (including phenoxy) is 1. The zero-order chi connectivity index (χ0) is 17.1. The van der Waals surface area contributed by atoms with Gasteiger partial charge in [0.2, 0.25) is 0 Å². The van der Waals surface area contributed by atoms with Gasteiger partial charge in [0.1, 0.15) is 12.7 Å². The van der Waals surface area contributed by atoms with Crippen LogP contribution < -0.4 is 0 Å². The van der Waals surface area contributed by atoms with E-state index in [4.69, 9.17) is 11.6 Å². The van der Waals surface area contributed by atoms with E-state index in [-0.39, 0.29) is 6.54 Å². The van der Waals surface area contributed by atoms with E-state index in [0.29, 0.717) is 10.6 Å². The molecule has 0 N–H and O–H groups in total. The highest BCUT2D eigenvalue weighted by molar-refractivity contribution is 6.30. The Labute approximate surface area is 135 Å². The molecule has 0 saturated carbocycles. The van der Waals surface area contributed by atoms with Gasteiger partial charge in [-0.15, -0.1) is 0 Å². The minimum absolute atomic E-state index is 0.119. The Morgan fingerprint density at radius 3 is 2.43 bits per heavy atom. The fourth-order valence-electron chi connectivity index (χ4n) is 2.06. The molecule has 1 heterocycles. The van der Waals surface area contributed by atoms with E-state index in [0.717, 1.165) is 0 Å². The molecule has 23 heavy (non-hydrogen) atoms. The van der Waals surface area contributed by atoms with E-state index in [2.05, 4.69) is 14.8 Å². The van der Waals surface area contributed by atoms with Gasteiger partial charge in [0.05, 0.1) is 13.2 Å². The summed E-state index contributed by atoms with van der Waals surface area (Å²) in [4.78, 5) is 3.77. The first-order valence-corrected chi connectivity index (χ1v) is 6.99. The van der Waals surface area contributed by atoms with Crippen LogP contribution in [-0.4, -0.2) is 33.9 Å². The molecule has 0 aliphatic rings. The normalized spacial score (nSPS) is 14.9. The van der Waals surface area contributed by atoms with E-state index >= 15 is 0 Å². The van der Waals surface area contributed by atoms with E-state index in [1.54, 1.807) is 31.2 Å². The van der Waals surface area contributed by atoms with Gasteiger partial charge >= 0.3 is 12.5 Å². The van der Waals surface area contributed by atoms with Gasteiger partial charge in [0.15, 0.2) is 0 Å². The van der Waals surface area contributed by atoms with Crippen LogP contribution in [0.3, 0.4) is 0 Å². The Morgan fingerprint density at radius 2 is 1.91 bits per heavy atom. The Balaban J connectivity index is 2.25. The van der Waals surface area contributed by atoms with E-state index in [1.807, 2.05) is 0 Å². The van der Waals surface area contributed by atoms with Crippen LogP contribution in [0.25, 0.3) is 0 Å². The summed E-state index contributed by atoms with van der Waals surface area (Å²) in [5, 5.41) is 4.38. The zero-order valence-electron chi connectivity index (χ0n) is 12.1. The molecular weight excluding hydrogens is 338 g/mol. The summed E-state index contributed by atoms with van der Waals surface area (Å²) >= 11 is 5.82. The van der Waals surface area contributed by atoms with Gasteiger partial charge in [-0.05, 0) is 17.7 Å². The molecule has 0 bridgehead atoms. The Hall–Kier alpha value is -1.67. The summed E-state index contributed by atoms with van der Waals surface area (Å²) in [7, 11) is 0. The third-order valence-electron chi connectivity index (χ3n) is 3.36. The molecule has 4 nitrogen and oxygen atoms in total. The number of halogens is 5. The van der Waals surface area contributed by atoms with Crippen molar-refractivity contribution < 1.29 is 22.3 Å². The first-order valence-electron chi connectivity index (χ1n) is 6.61. The third kappa shape index (κ3) is 4.42. The SMILES string of the molecule is CC(COC(F)(F)C(F)F)(Cn1cncn1)c1ccc(Cl)cc1. The van der Waals surface area contributed by atoms with Crippen molar-refractivity contribution in [3.8, 4) is 0 Å². The molecule has 0 saturated heterocycles. The number of alkyl halides is 4. The predicted octanol–water partition coefficient (Wildman–Crippen LogP) is 3.76. The zero-order valence-corrected chi connectivity index (χ0v) is 12.9. The van der Waals surface area contributed by atoms with Crippen molar-refractivity contribution in [1.82, 2.24) is 14.8 Å². The molecule has 9 heteroatoms. The van der Waals surface area contributed by atoms with Crippen molar-refractivity contribution in [2.24, 2.45) is 0 Å². The van der Waals surface area contributed by atoms with Gasteiger partial charge in [-0.1, -0.05) is 30.7 Å². The highest BCUT2D eigenvalue weighted by Crippen LogP contribution is 2.32. The summed E-state index contributed by atoms with van der Waals surface area (Å²) in [5.41, 5.74) is -0.432. The number of rotatable bonds is 7. The average molecular weight is 352 g/mol. The number of nitrogens with zero attached hydrogens (tertiary/aromatic N) is 3. The molecule has 1 aromatic heterocycles. The molecule has 0 fully saturated rings. The Kier molecular flexibility index (Phi) is 5.26. The minimum atomic E-state index is -4.52. The summed E-state index contributed by atoms with van der Waals surface area (Å²) in [6, 6.07) is 6.43. The highest BCUT2D eigenvalue weighted by Gasteiger charge is 2.44. The van der Waals surface area contributed by atoms with Crippen LogP contribution in [0.4, 0.5) is 17.6 Å². The smallest absolute Gasteiger partial charge is 0.315 e. The predicted molar refractivity (Wildman–Crippen MR) is 75.7 cm³/mol. The fraction of sp³-hybridized carbons (Fsp3) is 0.429. The number of hydrogen-bond acceptors (Lipinski definition) is 3. The van der Waals surface area contributed by atoms with Crippen LogP contribution in [0.5, 0.6) is 0 Å². The lowest BCUT2D eigenvalue weighted by molar-refractivity contribution is -0.305. The summed E-state index contributed by atoms with van der Waals surface area (Å²) in [5.74, 6) is 0. The molecule has 0 aliphatic carbocycles. The maximum absolute atomic E-state index is 13.1. The van der Waals surface area contributed by atoms with Crippen LogP contribution >= 0.6 is 11.6 Å². The monoisotopic (exact) mass is 351 g/mol. The molecule has 0 amide bonds. The lowest BCUT2D eigenvalue weighted by atomic mass is 9.83. The van der Waals surface area contributed by atoms with E-state index < -0.39 is 24.6 Å². The van der Waals surface area contributed by atoms with Gasteiger partial charge in [-0.25, -0.2) is 13.8 Å². The molecule has 2 aromatic rings. The molecule has 0 radical (unpaired) electrons. The van der Waals surface area contributed by atoms with Crippen molar-refractivity contribution in [2.45, 2.75) is 31.4 Å². The number of aromatic nitrogens is 3. The van der Waals surface area contributed by atoms with Crippen LogP contribution in [-0.2, 0) is 16.7 Å². The maximum Gasteiger partial charge on any atom is 0.416 e. The lowest BCUT2D eigenvalue weighted by Gasteiger charge is -2.31. The third-order valence-corrected chi connectivity index (χ3v) is 3.61. The molecule has 0 spiro atoms. The quantitative estimate of drug-likeness (QED) is 0.713. The Morgan fingerprint density at radius 1 is 1.26 bits per heavy atom. The highest BCUT2D eigenvalue weighted by atomic mass is 35.5. The molecule has 1 atom stereocenters. The van der Waals surface area contributed by atoms with Crippen LogP contribution in [0.1, 0.15) is 12.5 Å². The van der Waals surface area contributed by atoms with Gasteiger partial charge in [0, 0.05) is 10.4 Å². The second-order valence-electron chi connectivity index (χ2n) is 5.31. The van der Waals surface area contributed by atoms with Crippen molar-refractivity contribution in [3.63, 3.8) is 0 Å². The van der Waals surface area contributed by atoms with E-state index in [9.17, 15) is 17.6 Å². The van der Waals surface area contributed by atoms with Crippen LogP contribution in [0.15, 0.2) is 36.9 Å². The molecule has 126 valence electrons. The number of hydrogen-bond donors (Lipinski definition) is 0. The summed E-state index contributed by atoms with van der Waals surface area (Å²) < 4.78 is 56.4. The van der Waals surface area contributed by atoms with Crippen LogP contribution in [0.2, 0.25) is 5.02 Å². The molecule has 0 aliphatic heterocycles. The van der Waals surface area contributed by atoms with Crippen molar-refractivity contribution >= 4 is 11.6 Å². The second-order valence-corrected chi connectivity index (χ2v) is 5.75. The first kappa shape index (κ1) is 17.7. The van der Waals surface area contributed by atoms with Gasteiger partial charge in [0.25, 0.3) is 0 Å². The fourth-order valence-corrected chi connectivity index (χ4v) is 2.19. The summed E-state index contributed by atoms with van der Waals surface area (Å²) in [6.07, 6.45) is -5.73. The maximum atomic E-state index is 13.1. The number of benzene rings is 1. The van der Waals surface area contributed by atoms with Gasteiger partial charge in [-0.2, -0.15) is 13.9 Å². The molecule has 2 rings (SSSR count). The van der Waals surface area contributed by atoms with Crippen molar-refractivity contribution in [1.29, 1.82) is 0 Å². The average Bonchev–Trinajstić information content (AvgIpc) is 2.98. The van der Waals surface area contributed by atoms with Gasteiger partial charge in [-0.3, -0.25) is 4.68 Å². The minimum Gasteiger partial charge on any atom is -0.315 e. The molecule has 1 unspecified atom stereocenters. The molecule has 1 aromatic carbocycles. The lowest BCUT2D eigenvalue weighted by Crippen LogP contribution is -2.40.